The molecule has 1 heterocycles. The Kier molecular flexibility index (Phi) is 4.23. The van der Waals surface area contributed by atoms with Crippen molar-refractivity contribution in [2.24, 2.45) is 0 Å². The topological polar surface area (TPSA) is 15.3 Å². The van der Waals surface area contributed by atoms with Crippen LogP contribution in [0.2, 0.25) is 0 Å². The largest absolute Gasteiger partial charge is 0.346 e. The Morgan fingerprint density at radius 1 is 1.28 bits per heavy atom. The zero-order valence-electron chi connectivity index (χ0n) is 11.5. The van der Waals surface area contributed by atoms with Gasteiger partial charge < -0.3 is 10.2 Å². The molecule has 2 rings (SSSR count). The average Bonchev–Trinajstić information content (AvgIpc) is 2.34. The molecular weight excluding hydrogens is 240 g/mol. The van der Waals surface area contributed by atoms with Crippen molar-refractivity contribution < 1.29 is 0 Å². The molecular formula is C15H22N2S. The van der Waals surface area contributed by atoms with Crippen LogP contribution in [0.1, 0.15) is 37.3 Å². The van der Waals surface area contributed by atoms with Gasteiger partial charge in [-0.05, 0) is 75.5 Å². The van der Waals surface area contributed by atoms with Crippen molar-refractivity contribution in [3.63, 3.8) is 0 Å². The number of nitrogens with zero attached hydrogens (tertiary/aromatic N) is 1. The molecule has 1 aromatic rings. The predicted octanol–water partition coefficient (Wildman–Crippen LogP) is 3.87. The van der Waals surface area contributed by atoms with Gasteiger partial charge in [-0.3, -0.25) is 0 Å². The second kappa shape index (κ2) is 5.70. The summed E-state index contributed by atoms with van der Waals surface area (Å²) in [4.78, 5) is 2.31. The van der Waals surface area contributed by atoms with Crippen molar-refractivity contribution in [3.8, 4) is 0 Å². The molecule has 0 amide bonds. The first kappa shape index (κ1) is 13.3. The molecule has 3 heteroatoms. The van der Waals surface area contributed by atoms with Gasteiger partial charge in [-0.25, -0.2) is 0 Å². The summed E-state index contributed by atoms with van der Waals surface area (Å²) < 4.78 is 0. The van der Waals surface area contributed by atoms with Gasteiger partial charge in [0.15, 0.2) is 5.11 Å². The lowest BCUT2D eigenvalue weighted by Crippen LogP contribution is -2.44. The number of rotatable bonds is 1. The van der Waals surface area contributed by atoms with E-state index >= 15 is 0 Å². The molecule has 1 fully saturated rings. The Morgan fingerprint density at radius 3 is 2.72 bits per heavy atom. The van der Waals surface area contributed by atoms with E-state index in [4.69, 9.17) is 12.2 Å². The first-order valence-corrected chi connectivity index (χ1v) is 7.13. The molecule has 1 aromatic carbocycles. The maximum absolute atomic E-state index is 5.52. The van der Waals surface area contributed by atoms with E-state index in [1.165, 1.54) is 30.4 Å². The molecule has 18 heavy (non-hydrogen) atoms. The van der Waals surface area contributed by atoms with Crippen LogP contribution in [0.25, 0.3) is 0 Å². The highest BCUT2D eigenvalue weighted by Gasteiger charge is 2.20. The van der Waals surface area contributed by atoms with Crippen molar-refractivity contribution in [1.82, 2.24) is 4.90 Å². The van der Waals surface area contributed by atoms with Gasteiger partial charge in [0, 0.05) is 18.3 Å². The lowest BCUT2D eigenvalue weighted by Gasteiger charge is -2.35. The van der Waals surface area contributed by atoms with Gasteiger partial charge in [-0.15, -0.1) is 0 Å². The summed E-state index contributed by atoms with van der Waals surface area (Å²) in [5.41, 5.74) is 3.72. The molecule has 0 aliphatic carbocycles. The SMILES string of the molecule is Cc1ccc(NC(=S)N2CCCC[C@@H]2C)cc1C. The van der Waals surface area contributed by atoms with E-state index in [1.54, 1.807) is 0 Å². The Morgan fingerprint density at radius 2 is 2.06 bits per heavy atom. The van der Waals surface area contributed by atoms with E-state index in [-0.39, 0.29) is 0 Å². The van der Waals surface area contributed by atoms with Crippen molar-refractivity contribution in [1.29, 1.82) is 0 Å². The normalized spacial score (nSPS) is 19.7. The van der Waals surface area contributed by atoms with Crippen LogP contribution in [0.4, 0.5) is 5.69 Å². The summed E-state index contributed by atoms with van der Waals surface area (Å²) >= 11 is 5.52. The number of hydrogen-bond acceptors (Lipinski definition) is 1. The second-order valence-corrected chi connectivity index (χ2v) is 5.65. The third-order valence-electron chi connectivity index (χ3n) is 3.82. The van der Waals surface area contributed by atoms with Crippen LogP contribution in [0.15, 0.2) is 18.2 Å². The fourth-order valence-electron chi connectivity index (χ4n) is 2.41. The number of likely N-dealkylation sites (tertiary alicyclic amines) is 1. The van der Waals surface area contributed by atoms with Gasteiger partial charge in [0.2, 0.25) is 0 Å². The maximum atomic E-state index is 5.52. The van der Waals surface area contributed by atoms with E-state index in [9.17, 15) is 0 Å². The van der Waals surface area contributed by atoms with Crippen LogP contribution in [0, 0.1) is 13.8 Å². The number of thiocarbonyl (C=S) groups is 1. The summed E-state index contributed by atoms with van der Waals surface area (Å²) in [6.07, 6.45) is 3.82. The molecule has 98 valence electrons. The number of hydrogen-bond donors (Lipinski definition) is 1. The summed E-state index contributed by atoms with van der Waals surface area (Å²) in [6.45, 7) is 7.60. The number of aryl methyl sites for hydroxylation is 2. The molecule has 0 saturated carbocycles. The lowest BCUT2D eigenvalue weighted by molar-refractivity contribution is 0.262. The minimum atomic E-state index is 0.560. The Hall–Kier alpha value is -1.09. The highest BCUT2D eigenvalue weighted by atomic mass is 32.1. The van der Waals surface area contributed by atoms with Crippen molar-refractivity contribution in [3.05, 3.63) is 29.3 Å². The fourth-order valence-corrected chi connectivity index (χ4v) is 2.80. The number of benzene rings is 1. The highest BCUT2D eigenvalue weighted by molar-refractivity contribution is 7.80. The van der Waals surface area contributed by atoms with E-state index in [0.717, 1.165) is 17.3 Å². The van der Waals surface area contributed by atoms with E-state index in [1.807, 2.05) is 0 Å². The molecule has 0 bridgehead atoms. The molecule has 1 aliphatic rings. The van der Waals surface area contributed by atoms with Crippen LogP contribution >= 0.6 is 12.2 Å². The first-order valence-electron chi connectivity index (χ1n) is 6.73. The van der Waals surface area contributed by atoms with Gasteiger partial charge >= 0.3 is 0 Å². The first-order chi connectivity index (χ1) is 8.58. The minimum absolute atomic E-state index is 0.560. The van der Waals surface area contributed by atoms with Crippen LogP contribution in [0.3, 0.4) is 0 Å². The molecule has 0 aromatic heterocycles. The predicted molar refractivity (Wildman–Crippen MR) is 82.2 cm³/mol. The van der Waals surface area contributed by atoms with Crippen LogP contribution in [-0.4, -0.2) is 22.6 Å². The minimum Gasteiger partial charge on any atom is -0.346 e. The number of nitrogens with one attached hydrogen (secondary N) is 1. The lowest BCUT2D eigenvalue weighted by atomic mass is 10.0. The molecule has 0 radical (unpaired) electrons. The summed E-state index contributed by atoms with van der Waals surface area (Å²) in [6, 6.07) is 6.96. The number of piperidine rings is 1. The van der Waals surface area contributed by atoms with Crippen molar-refractivity contribution >= 4 is 23.0 Å². The molecule has 1 aliphatic heterocycles. The molecule has 0 spiro atoms. The molecule has 0 unspecified atom stereocenters. The Balaban J connectivity index is 2.04. The fraction of sp³-hybridized carbons (Fsp3) is 0.533. The molecule has 1 atom stereocenters. The third kappa shape index (κ3) is 3.02. The van der Waals surface area contributed by atoms with E-state index < -0.39 is 0 Å². The average molecular weight is 262 g/mol. The van der Waals surface area contributed by atoms with Crippen LogP contribution in [-0.2, 0) is 0 Å². The van der Waals surface area contributed by atoms with Gasteiger partial charge in [0.25, 0.3) is 0 Å². The van der Waals surface area contributed by atoms with Crippen molar-refractivity contribution in [2.75, 3.05) is 11.9 Å². The highest BCUT2D eigenvalue weighted by Crippen LogP contribution is 2.19. The monoisotopic (exact) mass is 262 g/mol. The summed E-state index contributed by atoms with van der Waals surface area (Å²) in [5, 5.41) is 4.23. The quantitative estimate of drug-likeness (QED) is 0.773. The van der Waals surface area contributed by atoms with Gasteiger partial charge in [-0.2, -0.15) is 0 Å². The van der Waals surface area contributed by atoms with Crippen LogP contribution < -0.4 is 5.32 Å². The standard InChI is InChI=1S/C15H22N2S/c1-11-7-8-14(10-12(11)2)16-15(18)17-9-5-4-6-13(17)3/h7-8,10,13H,4-6,9H2,1-3H3,(H,16,18)/t13-/m0/s1. The van der Waals surface area contributed by atoms with Crippen molar-refractivity contribution in [2.45, 2.75) is 46.1 Å². The van der Waals surface area contributed by atoms with Crippen LogP contribution in [0.5, 0.6) is 0 Å². The number of anilines is 1. The van der Waals surface area contributed by atoms with Gasteiger partial charge in [-0.1, -0.05) is 6.07 Å². The molecule has 1 saturated heterocycles. The smallest absolute Gasteiger partial charge is 0.173 e. The van der Waals surface area contributed by atoms with Gasteiger partial charge in [0.1, 0.15) is 0 Å². The Labute approximate surface area is 115 Å². The van der Waals surface area contributed by atoms with Gasteiger partial charge in [0.05, 0.1) is 0 Å². The third-order valence-corrected chi connectivity index (χ3v) is 4.16. The maximum Gasteiger partial charge on any atom is 0.173 e. The zero-order valence-corrected chi connectivity index (χ0v) is 12.3. The zero-order chi connectivity index (χ0) is 13.1. The van der Waals surface area contributed by atoms with E-state index in [0.29, 0.717) is 6.04 Å². The summed E-state index contributed by atoms with van der Waals surface area (Å²) in [7, 11) is 0. The van der Waals surface area contributed by atoms with E-state index in [2.05, 4.69) is 49.2 Å². The summed E-state index contributed by atoms with van der Waals surface area (Å²) in [5.74, 6) is 0. The molecule has 2 nitrogen and oxygen atoms in total. The molecule has 1 N–H and O–H groups in total. The second-order valence-electron chi connectivity index (χ2n) is 5.27. The Bertz CT molecular complexity index is 442.